The third-order valence-electron chi connectivity index (χ3n) is 2.11. The normalized spacial score (nSPS) is 13.5. The molecule has 0 amide bonds. The molecule has 60 valence electrons. The topological polar surface area (TPSA) is 25.8 Å². The van der Waals surface area contributed by atoms with Crippen LogP contribution in [0, 0.1) is 5.92 Å². The Bertz CT molecular complexity index is 206. The zero-order chi connectivity index (χ0) is 8.27. The Morgan fingerprint density at radius 2 is 1.64 bits per heavy atom. The molecule has 1 atom stereocenters. The molecule has 11 heavy (non-hydrogen) atoms. The first-order valence-electron chi connectivity index (χ1n) is 3.96. The van der Waals surface area contributed by atoms with E-state index < -0.39 is 0 Å². The van der Waals surface area contributed by atoms with E-state index in [9.17, 15) is 0 Å². The lowest BCUT2D eigenvalue weighted by atomic mass is 9.92. The Morgan fingerprint density at radius 3 is 2.09 bits per heavy atom. The Hall–Kier alpha value is -0.920. The molecule has 1 heterocycles. The molecule has 0 bridgehead atoms. The second kappa shape index (κ2) is 3.46. The predicted octanol–water partition coefficient (Wildman–Crippen LogP) is 2.24. The van der Waals surface area contributed by atoms with Crippen LogP contribution in [0.25, 0.3) is 0 Å². The molecule has 0 aromatic carbocycles. The van der Waals surface area contributed by atoms with E-state index in [2.05, 4.69) is 30.7 Å². The molecule has 0 unspecified atom stereocenters. The quantitative estimate of drug-likeness (QED) is 0.646. The molecule has 0 aliphatic rings. The molecule has 0 saturated heterocycles. The van der Waals surface area contributed by atoms with Crippen molar-refractivity contribution in [2.75, 3.05) is 0 Å². The van der Waals surface area contributed by atoms with Crippen LogP contribution < -0.4 is 0 Å². The van der Waals surface area contributed by atoms with E-state index in [0.717, 1.165) is 0 Å². The van der Waals surface area contributed by atoms with E-state index in [4.69, 9.17) is 0 Å². The average Bonchev–Trinajstić information content (AvgIpc) is 2.05. The van der Waals surface area contributed by atoms with Crippen LogP contribution in [-0.2, 0) is 0 Å². The lowest BCUT2D eigenvalue weighted by Gasteiger charge is -2.13. The van der Waals surface area contributed by atoms with Gasteiger partial charge in [0.1, 0.15) is 6.33 Å². The van der Waals surface area contributed by atoms with Crippen LogP contribution in [0.15, 0.2) is 18.7 Å². The van der Waals surface area contributed by atoms with Gasteiger partial charge in [0, 0.05) is 12.4 Å². The standard InChI is InChI=1S/C9H14N2/c1-7(2)8(3)9-4-10-6-11-5-9/h4-8H,1-3H3/t8-/m1/s1. The predicted molar refractivity (Wildman–Crippen MR) is 45.3 cm³/mol. The minimum absolute atomic E-state index is 0.552. The molecule has 1 rings (SSSR count). The minimum atomic E-state index is 0.552. The van der Waals surface area contributed by atoms with Gasteiger partial charge in [-0.1, -0.05) is 20.8 Å². The van der Waals surface area contributed by atoms with Crippen LogP contribution in [0.3, 0.4) is 0 Å². The highest BCUT2D eigenvalue weighted by Gasteiger charge is 2.09. The molecule has 0 saturated carbocycles. The summed E-state index contributed by atoms with van der Waals surface area (Å²) < 4.78 is 0. The van der Waals surface area contributed by atoms with Gasteiger partial charge in [0.2, 0.25) is 0 Å². The zero-order valence-corrected chi connectivity index (χ0v) is 7.28. The van der Waals surface area contributed by atoms with Gasteiger partial charge < -0.3 is 0 Å². The van der Waals surface area contributed by atoms with E-state index in [1.807, 2.05) is 12.4 Å². The van der Waals surface area contributed by atoms with E-state index in [1.165, 1.54) is 5.56 Å². The fourth-order valence-electron chi connectivity index (χ4n) is 0.931. The second-order valence-corrected chi connectivity index (χ2v) is 3.20. The zero-order valence-electron chi connectivity index (χ0n) is 7.28. The first-order valence-corrected chi connectivity index (χ1v) is 3.96. The van der Waals surface area contributed by atoms with Crippen LogP contribution in [0.2, 0.25) is 0 Å². The molecular weight excluding hydrogens is 136 g/mol. The number of aromatic nitrogens is 2. The summed E-state index contributed by atoms with van der Waals surface area (Å²) in [7, 11) is 0. The summed E-state index contributed by atoms with van der Waals surface area (Å²) in [6.45, 7) is 6.61. The SMILES string of the molecule is CC(C)[C@@H](C)c1cncnc1. The van der Waals surface area contributed by atoms with Crippen molar-refractivity contribution in [1.29, 1.82) is 0 Å². The summed E-state index contributed by atoms with van der Waals surface area (Å²) >= 11 is 0. The third kappa shape index (κ3) is 2.00. The molecule has 2 heteroatoms. The maximum absolute atomic E-state index is 3.98. The second-order valence-electron chi connectivity index (χ2n) is 3.20. The molecule has 1 aromatic rings. The highest BCUT2D eigenvalue weighted by molar-refractivity contribution is 5.09. The van der Waals surface area contributed by atoms with Crippen molar-refractivity contribution in [3.8, 4) is 0 Å². The van der Waals surface area contributed by atoms with Crippen LogP contribution in [0.5, 0.6) is 0 Å². The fraction of sp³-hybridized carbons (Fsp3) is 0.556. The van der Waals surface area contributed by atoms with Gasteiger partial charge in [-0.2, -0.15) is 0 Å². The van der Waals surface area contributed by atoms with Crippen molar-refractivity contribution in [1.82, 2.24) is 9.97 Å². The van der Waals surface area contributed by atoms with Crippen molar-refractivity contribution in [2.24, 2.45) is 5.92 Å². The van der Waals surface area contributed by atoms with Crippen LogP contribution >= 0.6 is 0 Å². The van der Waals surface area contributed by atoms with Crippen molar-refractivity contribution in [2.45, 2.75) is 26.7 Å². The van der Waals surface area contributed by atoms with Crippen LogP contribution in [0.1, 0.15) is 32.3 Å². The summed E-state index contributed by atoms with van der Waals surface area (Å²) in [5.74, 6) is 1.21. The Balaban J connectivity index is 2.77. The summed E-state index contributed by atoms with van der Waals surface area (Å²) in [6.07, 6.45) is 5.34. The van der Waals surface area contributed by atoms with Crippen molar-refractivity contribution in [3.63, 3.8) is 0 Å². The number of rotatable bonds is 2. The molecule has 1 aromatic heterocycles. The van der Waals surface area contributed by atoms with Gasteiger partial charge >= 0.3 is 0 Å². The molecule has 0 aliphatic carbocycles. The number of nitrogens with zero attached hydrogens (tertiary/aromatic N) is 2. The van der Waals surface area contributed by atoms with E-state index >= 15 is 0 Å². The first kappa shape index (κ1) is 8.18. The molecule has 0 aliphatic heterocycles. The van der Waals surface area contributed by atoms with Crippen molar-refractivity contribution >= 4 is 0 Å². The number of hydrogen-bond acceptors (Lipinski definition) is 2. The summed E-state index contributed by atoms with van der Waals surface area (Å²) in [6, 6.07) is 0. The van der Waals surface area contributed by atoms with Gasteiger partial charge in [-0.25, -0.2) is 9.97 Å². The maximum Gasteiger partial charge on any atom is 0.115 e. The Kier molecular flexibility index (Phi) is 2.58. The maximum atomic E-state index is 3.98. The van der Waals surface area contributed by atoms with Gasteiger partial charge in [0.15, 0.2) is 0 Å². The lowest BCUT2D eigenvalue weighted by molar-refractivity contribution is 0.532. The molecule has 0 fully saturated rings. The summed E-state index contributed by atoms with van der Waals surface area (Å²) in [4.78, 5) is 7.95. The summed E-state index contributed by atoms with van der Waals surface area (Å²) in [5.41, 5.74) is 1.22. The average molecular weight is 150 g/mol. The van der Waals surface area contributed by atoms with Gasteiger partial charge in [0.05, 0.1) is 0 Å². The third-order valence-corrected chi connectivity index (χ3v) is 2.11. The Morgan fingerprint density at radius 1 is 1.09 bits per heavy atom. The molecule has 0 N–H and O–H groups in total. The molecule has 0 radical (unpaired) electrons. The van der Waals surface area contributed by atoms with E-state index in [0.29, 0.717) is 11.8 Å². The van der Waals surface area contributed by atoms with Crippen LogP contribution in [0.4, 0.5) is 0 Å². The van der Waals surface area contributed by atoms with Gasteiger partial charge in [-0.15, -0.1) is 0 Å². The van der Waals surface area contributed by atoms with E-state index in [1.54, 1.807) is 6.33 Å². The van der Waals surface area contributed by atoms with E-state index in [-0.39, 0.29) is 0 Å². The van der Waals surface area contributed by atoms with Gasteiger partial charge in [0.25, 0.3) is 0 Å². The summed E-state index contributed by atoms with van der Waals surface area (Å²) in [5, 5.41) is 0. The highest BCUT2D eigenvalue weighted by Crippen LogP contribution is 2.21. The monoisotopic (exact) mass is 150 g/mol. The lowest BCUT2D eigenvalue weighted by Crippen LogP contribution is -2.02. The first-order chi connectivity index (χ1) is 5.22. The smallest absolute Gasteiger partial charge is 0.115 e. The van der Waals surface area contributed by atoms with Crippen molar-refractivity contribution in [3.05, 3.63) is 24.3 Å². The minimum Gasteiger partial charge on any atom is -0.245 e. The highest BCUT2D eigenvalue weighted by atomic mass is 14.8. The van der Waals surface area contributed by atoms with Crippen molar-refractivity contribution < 1.29 is 0 Å². The fourth-order valence-corrected chi connectivity index (χ4v) is 0.931. The molecule has 2 nitrogen and oxygen atoms in total. The van der Waals surface area contributed by atoms with Gasteiger partial charge in [-0.3, -0.25) is 0 Å². The van der Waals surface area contributed by atoms with Crippen LogP contribution in [-0.4, -0.2) is 9.97 Å². The molecular formula is C9H14N2. The number of hydrogen-bond donors (Lipinski definition) is 0. The largest absolute Gasteiger partial charge is 0.245 e. The molecule has 0 spiro atoms. The van der Waals surface area contributed by atoms with Gasteiger partial charge in [-0.05, 0) is 17.4 Å². The Labute approximate surface area is 67.7 Å².